The van der Waals surface area contributed by atoms with E-state index in [-0.39, 0.29) is 5.41 Å². The summed E-state index contributed by atoms with van der Waals surface area (Å²) in [5, 5.41) is 1.25. The summed E-state index contributed by atoms with van der Waals surface area (Å²) in [6, 6.07) is 14.7. The first kappa shape index (κ1) is 15.3. The van der Waals surface area contributed by atoms with Crippen molar-refractivity contribution in [1.82, 2.24) is 9.97 Å². The molecule has 4 aromatic rings. The van der Waals surface area contributed by atoms with Crippen LogP contribution in [0.5, 0.6) is 0 Å². The smallest absolute Gasteiger partial charge is 0.159 e. The Balaban J connectivity index is 2.04. The Morgan fingerprint density at radius 3 is 2.46 bits per heavy atom. The highest BCUT2D eigenvalue weighted by Gasteiger charge is 2.21. The first-order valence-electron chi connectivity index (χ1n) is 8.19. The van der Waals surface area contributed by atoms with Crippen LogP contribution < -0.4 is 0 Å². The van der Waals surface area contributed by atoms with Crippen molar-refractivity contribution in [2.24, 2.45) is 0 Å². The van der Waals surface area contributed by atoms with Crippen LogP contribution in [0.4, 0.5) is 0 Å². The standard InChI is InChI=1S/C21H20N2S/c1-13-10-15-18-17(24-19(15)16(11-13)21(2,3)4)12-22-20(23-18)14-8-6-5-7-9-14/h5-12H,1-4H3. The van der Waals surface area contributed by atoms with E-state index in [1.54, 1.807) is 11.3 Å². The van der Waals surface area contributed by atoms with Crippen LogP contribution in [-0.2, 0) is 5.41 Å². The third kappa shape index (κ3) is 2.49. The Morgan fingerprint density at radius 1 is 1.00 bits per heavy atom. The lowest BCUT2D eigenvalue weighted by atomic mass is 9.85. The van der Waals surface area contributed by atoms with Crippen LogP contribution in [0.25, 0.3) is 31.7 Å². The van der Waals surface area contributed by atoms with Gasteiger partial charge in [-0.15, -0.1) is 11.3 Å². The Bertz CT molecular complexity index is 1040. The monoisotopic (exact) mass is 332 g/mol. The second-order valence-corrected chi connectivity index (χ2v) is 8.37. The van der Waals surface area contributed by atoms with Gasteiger partial charge in [-0.05, 0) is 24.0 Å². The van der Waals surface area contributed by atoms with Crippen molar-refractivity contribution in [2.45, 2.75) is 33.1 Å². The predicted octanol–water partition coefficient (Wildman–Crippen LogP) is 6.12. The molecule has 0 N–H and O–H groups in total. The molecule has 0 amide bonds. The van der Waals surface area contributed by atoms with Gasteiger partial charge in [0.2, 0.25) is 0 Å². The average Bonchev–Trinajstić information content (AvgIpc) is 2.91. The fraction of sp³-hybridized carbons (Fsp3) is 0.238. The molecule has 2 aromatic carbocycles. The highest BCUT2D eigenvalue weighted by atomic mass is 32.1. The van der Waals surface area contributed by atoms with Crippen molar-refractivity contribution in [3.05, 3.63) is 59.8 Å². The zero-order valence-electron chi connectivity index (χ0n) is 14.4. The van der Waals surface area contributed by atoms with E-state index in [4.69, 9.17) is 4.98 Å². The zero-order chi connectivity index (χ0) is 16.9. The number of aryl methyl sites for hydroxylation is 1. The second-order valence-electron chi connectivity index (χ2n) is 7.31. The number of rotatable bonds is 1. The van der Waals surface area contributed by atoms with Crippen molar-refractivity contribution < 1.29 is 0 Å². The van der Waals surface area contributed by atoms with E-state index in [1.807, 2.05) is 24.4 Å². The van der Waals surface area contributed by atoms with Gasteiger partial charge in [0.25, 0.3) is 0 Å². The lowest BCUT2D eigenvalue weighted by molar-refractivity contribution is 0.596. The first-order chi connectivity index (χ1) is 11.4. The summed E-state index contributed by atoms with van der Waals surface area (Å²) in [5.74, 6) is 0.793. The summed E-state index contributed by atoms with van der Waals surface area (Å²) in [4.78, 5) is 9.48. The fourth-order valence-corrected chi connectivity index (χ4v) is 4.41. The molecule has 120 valence electrons. The molecule has 0 unspecified atom stereocenters. The molecule has 0 aliphatic rings. The maximum Gasteiger partial charge on any atom is 0.159 e. The van der Waals surface area contributed by atoms with Crippen LogP contribution >= 0.6 is 11.3 Å². The van der Waals surface area contributed by atoms with Crippen LogP contribution in [0, 0.1) is 6.92 Å². The van der Waals surface area contributed by atoms with E-state index in [1.165, 1.54) is 21.2 Å². The van der Waals surface area contributed by atoms with Crippen molar-refractivity contribution in [3.8, 4) is 11.4 Å². The molecule has 0 spiro atoms. The van der Waals surface area contributed by atoms with E-state index < -0.39 is 0 Å². The zero-order valence-corrected chi connectivity index (χ0v) is 15.2. The molecule has 0 bridgehead atoms. The summed E-state index contributed by atoms with van der Waals surface area (Å²) in [5.41, 5.74) is 4.91. The van der Waals surface area contributed by atoms with E-state index in [2.05, 4.69) is 56.9 Å². The van der Waals surface area contributed by atoms with E-state index in [0.717, 1.165) is 21.6 Å². The number of hydrogen-bond acceptors (Lipinski definition) is 3. The quantitative estimate of drug-likeness (QED) is 0.420. The fourth-order valence-electron chi connectivity index (χ4n) is 3.09. The summed E-state index contributed by atoms with van der Waals surface area (Å²) in [7, 11) is 0. The van der Waals surface area contributed by atoms with E-state index >= 15 is 0 Å². The van der Waals surface area contributed by atoms with Crippen molar-refractivity contribution in [3.63, 3.8) is 0 Å². The summed E-state index contributed by atoms with van der Waals surface area (Å²) in [6.45, 7) is 8.98. The Morgan fingerprint density at radius 2 is 1.75 bits per heavy atom. The minimum absolute atomic E-state index is 0.112. The van der Waals surface area contributed by atoms with Gasteiger partial charge >= 0.3 is 0 Å². The number of nitrogens with zero attached hydrogens (tertiary/aromatic N) is 2. The van der Waals surface area contributed by atoms with Crippen LogP contribution in [-0.4, -0.2) is 9.97 Å². The lowest BCUT2D eigenvalue weighted by Crippen LogP contribution is -2.11. The van der Waals surface area contributed by atoms with Crippen molar-refractivity contribution in [2.75, 3.05) is 0 Å². The Hall–Kier alpha value is -2.26. The third-order valence-electron chi connectivity index (χ3n) is 4.30. The molecule has 0 saturated heterocycles. The SMILES string of the molecule is Cc1cc(C(C)(C)C)c2sc3cnc(-c4ccccc4)nc3c2c1. The molecule has 4 rings (SSSR count). The molecular weight excluding hydrogens is 312 g/mol. The second kappa shape index (κ2) is 5.38. The number of benzene rings is 2. The number of hydrogen-bond donors (Lipinski definition) is 0. The number of thiophene rings is 1. The van der Waals surface area contributed by atoms with Gasteiger partial charge in [0.05, 0.1) is 10.2 Å². The largest absolute Gasteiger partial charge is 0.235 e. The molecule has 0 aliphatic heterocycles. The minimum atomic E-state index is 0.112. The van der Waals surface area contributed by atoms with Crippen molar-refractivity contribution in [1.29, 1.82) is 0 Å². The van der Waals surface area contributed by atoms with Crippen LogP contribution in [0.1, 0.15) is 31.9 Å². The molecular formula is C21H20N2S. The van der Waals surface area contributed by atoms with Gasteiger partial charge in [0.15, 0.2) is 5.82 Å². The highest BCUT2D eigenvalue weighted by molar-refractivity contribution is 7.26. The maximum atomic E-state index is 4.90. The molecule has 2 nitrogen and oxygen atoms in total. The highest BCUT2D eigenvalue weighted by Crippen LogP contribution is 2.40. The van der Waals surface area contributed by atoms with Crippen LogP contribution in [0.2, 0.25) is 0 Å². The third-order valence-corrected chi connectivity index (χ3v) is 5.46. The predicted molar refractivity (Wildman–Crippen MR) is 104 cm³/mol. The molecule has 2 aromatic heterocycles. The molecule has 0 fully saturated rings. The summed E-state index contributed by atoms with van der Waals surface area (Å²) >= 11 is 1.80. The van der Waals surface area contributed by atoms with Gasteiger partial charge in [-0.1, -0.05) is 62.7 Å². The van der Waals surface area contributed by atoms with Gasteiger partial charge in [0, 0.05) is 21.8 Å². The number of fused-ring (bicyclic) bond motifs is 3. The minimum Gasteiger partial charge on any atom is -0.235 e. The maximum absolute atomic E-state index is 4.90. The Kier molecular flexibility index (Phi) is 3.43. The molecule has 0 aliphatic carbocycles. The van der Waals surface area contributed by atoms with Crippen LogP contribution in [0.15, 0.2) is 48.7 Å². The average molecular weight is 332 g/mol. The first-order valence-corrected chi connectivity index (χ1v) is 9.01. The summed E-state index contributed by atoms with van der Waals surface area (Å²) < 4.78 is 2.49. The molecule has 24 heavy (non-hydrogen) atoms. The molecule has 0 saturated carbocycles. The molecule has 0 atom stereocenters. The van der Waals surface area contributed by atoms with Gasteiger partial charge in [-0.3, -0.25) is 0 Å². The van der Waals surface area contributed by atoms with E-state index in [9.17, 15) is 0 Å². The van der Waals surface area contributed by atoms with E-state index in [0.29, 0.717) is 0 Å². The van der Waals surface area contributed by atoms with Gasteiger partial charge in [-0.25, -0.2) is 9.97 Å². The molecule has 0 radical (unpaired) electrons. The topological polar surface area (TPSA) is 25.8 Å². The normalized spacial score (nSPS) is 12.2. The Labute approximate surface area is 146 Å². The molecule has 3 heteroatoms. The van der Waals surface area contributed by atoms with Crippen LogP contribution in [0.3, 0.4) is 0 Å². The number of aromatic nitrogens is 2. The summed E-state index contributed by atoms with van der Waals surface area (Å²) in [6.07, 6.45) is 1.97. The molecule has 2 heterocycles. The lowest BCUT2D eigenvalue weighted by Gasteiger charge is -2.20. The van der Waals surface area contributed by atoms with Gasteiger partial charge < -0.3 is 0 Å². The van der Waals surface area contributed by atoms with Gasteiger partial charge in [0.1, 0.15) is 0 Å². The van der Waals surface area contributed by atoms with Crippen molar-refractivity contribution >= 4 is 31.6 Å². The van der Waals surface area contributed by atoms with Gasteiger partial charge in [-0.2, -0.15) is 0 Å².